The zero-order valence-electron chi connectivity index (χ0n) is 20.7. The number of anilines is 1. The summed E-state index contributed by atoms with van der Waals surface area (Å²) in [6.07, 6.45) is 4.72. The summed E-state index contributed by atoms with van der Waals surface area (Å²) in [5, 5.41) is 5.27. The van der Waals surface area contributed by atoms with Gasteiger partial charge in [-0.2, -0.15) is 0 Å². The van der Waals surface area contributed by atoms with Crippen LogP contribution < -0.4 is 10.6 Å². The fourth-order valence-corrected chi connectivity index (χ4v) is 4.17. The molecule has 3 heterocycles. The van der Waals surface area contributed by atoms with Crippen molar-refractivity contribution in [2.24, 2.45) is 0 Å². The van der Waals surface area contributed by atoms with E-state index in [0.29, 0.717) is 36.2 Å². The van der Waals surface area contributed by atoms with Crippen molar-refractivity contribution in [2.45, 2.75) is 46.1 Å². The Labute approximate surface area is 204 Å². The number of carbonyl (C=O) groups excluding carboxylic acids is 3. The largest absolute Gasteiger partial charge is 0.379 e. The summed E-state index contributed by atoms with van der Waals surface area (Å²) in [6.45, 7) is 8.13. The van der Waals surface area contributed by atoms with Crippen LogP contribution in [-0.4, -0.2) is 61.0 Å². The zero-order valence-corrected chi connectivity index (χ0v) is 20.7. The topological polar surface area (TPSA) is 104 Å². The first-order valence-corrected chi connectivity index (χ1v) is 11.7. The number of methoxy groups -OCH3 is 1. The molecule has 1 atom stereocenters. The van der Waals surface area contributed by atoms with Crippen molar-refractivity contribution in [3.63, 3.8) is 0 Å². The number of halogens is 1. The van der Waals surface area contributed by atoms with Gasteiger partial charge in [-0.3, -0.25) is 14.4 Å². The zero-order chi connectivity index (χ0) is 25.5. The van der Waals surface area contributed by atoms with Crippen molar-refractivity contribution in [1.29, 1.82) is 0 Å². The van der Waals surface area contributed by atoms with E-state index in [-0.39, 0.29) is 23.7 Å². The average Bonchev–Trinajstić information content (AvgIpc) is 3.54. The summed E-state index contributed by atoms with van der Waals surface area (Å²) < 4.78 is 18.5. The highest BCUT2D eigenvalue weighted by molar-refractivity contribution is 6.34. The maximum Gasteiger partial charge on any atom is 0.256 e. The highest BCUT2D eigenvalue weighted by atomic mass is 19.1. The molecular weight excluding hydrogens is 451 g/mol. The number of hydrogen-bond donors (Lipinski definition) is 3. The van der Waals surface area contributed by atoms with Gasteiger partial charge in [0.15, 0.2) is 0 Å². The number of benzene rings is 1. The lowest BCUT2D eigenvalue weighted by Gasteiger charge is -2.19. The Bertz CT molecular complexity index is 1120. The predicted octanol–water partition coefficient (Wildman–Crippen LogP) is 3.33. The molecule has 3 amide bonds. The van der Waals surface area contributed by atoms with Crippen LogP contribution in [0.4, 0.5) is 10.1 Å². The number of H-pyrrole nitrogens is 1. The molecule has 188 valence electrons. The van der Waals surface area contributed by atoms with Crippen LogP contribution in [0.5, 0.6) is 0 Å². The number of fused-ring (bicyclic) bond motifs is 1. The molecule has 2 aliphatic heterocycles. The molecule has 2 aliphatic rings. The molecule has 9 heteroatoms. The van der Waals surface area contributed by atoms with Gasteiger partial charge in [-0.1, -0.05) is 0 Å². The minimum atomic E-state index is -0.346. The molecule has 0 aliphatic carbocycles. The molecule has 0 bridgehead atoms. The molecule has 1 saturated heterocycles. The first-order chi connectivity index (χ1) is 16.7. The molecule has 0 radical (unpaired) electrons. The number of hydrogen-bond acceptors (Lipinski definition) is 4. The summed E-state index contributed by atoms with van der Waals surface area (Å²) in [4.78, 5) is 39.0. The highest BCUT2D eigenvalue weighted by Crippen LogP contribution is 2.34. The lowest BCUT2D eigenvalue weighted by molar-refractivity contribution is -0.132. The van der Waals surface area contributed by atoms with E-state index in [4.69, 9.17) is 4.74 Å². The van der Waals surface area contributed by atoms with Crippen LogP contribution in [0.2, 0.25) is 0 Å². The van der Waals surface area contributed by atoms with Crippen molar-refractivity contribution in [2.75, 3.05) is 32.1 Å². The quantitative estimate of drug-likeness (QED) is 0.414. The minimum absolute atomic E-state index is 0.118. The second-order valence-electron chi connectivity index (χ2n) is 8.79. The lowest BCUT2D eigenvalue weighted by atomic mass is 10.0. The highest BCUT2D eigenvalue weighted by Gasteiger charge is 2.25. The Balaban J connectivity index is 0.000000205. The van der Waals surface area contributed by atoms with Crippen LogP contribution in [0.15, 0.2) is 18.2 Å². The first-order valence-electron chi connectivity index (χ1n) is 11.7. The Morgan fingerprint density at radius 1 is 1.23 bits per heavy atom. The van der Waals surface area contributed by atoms with Crippen molar-refractivity contribution in [3.8, 4) is 0 Å². The van der Waals surface area contributed by atoms with E-state index in [2.05, 4.69) is 15.6 Å². The van der Waals surface area contributed by atoms with Gasteiger partial charge in [0.2, 0.25) is 12.3 Å². The summed E-state index contributed by atoms with van der Waals surface area (Å²) in [7, 11) is 1.55. The van der Waals surface area contributed by atoms with Gasteiger partial charge < -0.3 is 25.3 Å². The molecule has 3 N–H and O–H groups in total. The Morgan fingerprint density at radius 3 is 2.54 bits per heavy atom. The molecule has 4 rings (SSSR count). The van der Waals surface area contributed by atoms with Gasteiger partial charge in [0.25, 0.3) is 5.91 Å². The standard InChI is InChI=1S/C16H15FN2O.C10H18N2O3/c1-8-9(2)15(18-10(8)3)7-13-12-6-11(17)4-5-14(12)19-16(13)20;1-15-9(7-11-8-13)6-10(14)12-4-2-3-5-12/h4-7,18H,1-3H3,(H,19,20);8-9H,2-7H2,1H3,(H,11,13)/b13-7-;. The predicted molar refractivity (Wildman–Crippen MR) is 133 cm³/mol. The smallest absolute Gasteiger partial charge is 0.256 e. The second kappa shape index (κ2) is 11.8. The number of carbonyl (C=O) groups is 3. The number of nitrogens with one attached hydrogen (secondary N) is 3. The fourth-order valence-electron chi connectivity index (χ4n) is 4.17. The number of amides is 3. The molecule has 2 aromatic rings. The lowest BCUT2D eigenvalue weighted by Crippen LogP contribution is -2.35. The SMILES string of the molecule is COC(CNC=O)CC(=O)N1CCCC1.Cc1[nH]c(/C=C2\C(=O)Nc3ccc(F)cc32)c(C)c1C. The molecule has 1 unspecified atom stereocenters. The third kappa shape index (κ3) is 6.36. The maximum absolute atomic E-state index is 13.4. The van der Waals surface area contributed by atoms with E-state index in [1.54, 1.807) is 19.3 Å². The summed E-state index contributed by atoms with van der Waals surface area (Å²) in [5.41, 5.74) is 6.00. The fraction of sp³-hybridized carbons (Fsp3) is 0.423. The van der Waals surface area contributed by atoms with E-state index in [1.165, 1.54) is 17.7 Å². The molecule has 1 fully saturated rings. The van der Waals surface area contributed by atoms with Gasteiger partial charge in [0, 0.05) is 49.4 Å². The minimum Gasteiger partial charge on any atom is -0.379 e. The molecule has 35 heavy (non-hydrogen) atoms. The maximum atomic E-state index is 13.4. The van der Waals surface area contributed by atoms with Crippen LogP contribution >= 0.6 is 0 Å². The van der Waals surface area contributed by atoms with Crippen LogP contribution in [0.3, 0.4) is 0 Å². The number of rotatable bonds is 7. The van der Waals surface area contributed by atoms with Crippen LogP contribution in [0, 0.1) is 26.6 Å². The van der Waals surface area contributed by atoms with Gasteiger partial charge >= 0.3 is 0 Å². The number of ether oxygens (including phenoxy) is 1. The third-order valence-corrected chi connectivity index (χ3v) is 6.53. The van der Waals surface area contributed by atoms with Gasteiger partial charge in [0.05, 0.1) is 18.1 Å². The molecule has 1 aromatic carbocycles. The molecule has 0 spiro atoms. The average molecular weight is 485 g/mol. The number of nitrogens with zero attached hydrogens (tertiary/aromatic N) is 1. The van der Waals surface area contributed by atoms with Crippen molar-refractivity contribution in [3.05, 3.63) is 52.1 Å². The monoisotopic (exact) mass is 484 g/mol. The second-order valence-corrected chi connectivity index (χ2v) is 8.79. The Morgan fingerprint density at radius 2 is 1.94 bits per heavy atom. The number of aromatic nitrogens is 1. The van der Waals surface area contributed by atoms with Gasteiger partial charge in [-0.15, -0.1) is 0 Å². The van der Waals surface area contributed by atoms with Gasteiger partial charge in [-0.25, -0.2) is 4.39 Å². The van der Waals surface area contributed by atoms with Crippen LogP contribution in [0.1, 0.15) is 47.3 Å². The normalized spacial score (nSPS) is 16.4. The van der Waals surface area contributed by atoms with Crippen LogP contribution in [-0.2, 0) is 19.1 Å². The summed E-state index contributed by atoms with van der Waals surface area (Å²) in [6, 6.07) is 4.31. The molecule has 1 aromatic heterocycles. The Kier molecular flexibility index (Phi) is 8.81. The number of aryl methyl sites for hydroxylation is 1. The van der Waals surface area contributed by atoms with Crippen molar-refractivity contribution < 1.29 is 23.5 Å². The van der Waals surface area contributed by atoms with Crippen molar-refractivity contribution in [1.82, 2.24) is 15.2 Å². The number of likely N-dealkylation sites (tertiary alicyclic amines) is 1. The first kappa shape index (κ1) is 26.2. The van der Waals surface area contributed by atoms with E-state index >= 15 is 0 Å². The molecular formula is C26H33FN4O4. The molecule has 0 saturated carbocycles. The van der Waals surface area contributed by atoms with E-state index in [9.17, 15) is 18.8 Å². The van der Waals surface area contributed by atoms with Gasteiger partial charge in [-0.05, 0) is 69.0 Å². The van der Waals surface area contributed by atoms with E-state index in [1.807, 2.05) is 25.7 Å². The summed E-state index contributed by atoms with van der Waals surface area (Å²) >= 11 is 0. The summed E-state index contributed by atoms with van der Waals surface area (Å²) in [5.74, 6) is -0.427. The van der Waals surface area contributed by atoms with E-state index < -0.39 is 0 Å². The third-order valence-electron chi connectivity index (χ3n) is 6.53. The van der Waals surface area contributed by atoms with Gasteiger partial charge in [0.1, 0.15) is 5.82 Å². The van der Waals surface area contributed by atoms with Crippen LogP contribution in [0.25, 0.3) is 11.6 Å². The van der Waals surface area contributed by atoms with E-state index in [0.717, 1.165) is 42.9 Å². The number of aromatic amines is 1. The Hall–Kier alpha value is -3.46. The molecule has 8 nitrogen and oxygen atoms in total. The van der Waals surface area contributed by atoms with Crippen molar-refractivity contribution >= 4 is 35.6 Å².